The second-order valence-corrected chi connectivity index (χ2v) is 6.38. The molecule has 0 aliphatic heterocycles. The lowest BCUT2D eigenvalue weighted by Crippen LogP contribution is -2.35. The Morgan fingerprint density at radius 2 is 2.20 bits per heavy atom. The molecule has 2 N–H and O–H groups in total. The molecule has 1 heterocycles. The van der Waals surface area contributed by atoms with Gasteiger partial charge in [0.15, 0.2) is 0 Å². The first-order valence-corrected chi connectivity index (χ1v) is 8.22. The van der Waals surface area contributed by atoms with Gasteiger partial charge in [0.25, 0.3) is 0 Å². The molecule has 7 nitrogen and oxygen atoms in total. The van der Waals surface area contributed by atoms with Gasteiger partial charge in [-0.25, -0.2) is 13.1 Å². The third-order valence-electron chi connectivity index (χ3n) is 2.64. The second-order valence-electron chi connectivity index (χ2n) is 4.67. The van der Waals surface area contributed by atoms with Gasteiger partial charge in [0.2, 0.25) is 10.0 Å². The van der Waals surface area contributed by atoms with E-state index in [9.17, 15) is 8.42 Å². The maximum absolute atomic E-state index is 12.1. The highest BCUT2D eigenvalue weighted by molar-refractivity contribution is 7.89. The molecule has 0 aromatic carbocycles. The number of hydrogen-bond donors (Lipinski definition) is 2. The van der Waals surface area contributed by atoms with Crippen LogP contribution < -0.4 is 10.0 Å². The number of ether oxygens (including phenoxy) is 1. The molecule has 1 rings (SSSR count). The van der Waals surface area contributed by atoms with Crippen molar-refractivity contribution < 1.29 is 13.2 Å². The zero-order valence-corrected chi connectivity index (χ0v) is 13.1. The van der Waals surface area contributed by atoms with E-state index in [1.807, 2.05) is 0 Å². The van der Waals surface area contributed by atoms with Crippen LogP contribution in [0.25, 0.3) is 0 Å². The van der Waals surface area contributed by atoms with Crippen molar-refractivity contribution in [1.82, 2.24) is 19.8 Å². The summed E-state index contributed by atoms with van der Waals surface area (Å²) in [6.07, 6.45) is 3.97. The summed E-state index contributed by atoms with van der Waals surface area (Å²) in [5.74, 6) is 0. The van der Waals surface area contributed by atoms with Gasteiger partial charge in [-0.2, -0.15) is 5.10 Å². The van der Waals surface area contributed by atoms with Crippen LogP contribution in [0.4, 0.5) is 0 Å². The van der Waals surface area contributed by atoms with Gasteiger partial charge < -0.3 is 10.1 Å². The minimum absolute atomic E-state index is 0.177. The number of nitrogens with zero attached hydrogens (tertiary/aromatic N) is 2. The van der Waals surface area contributed by atoms with Crippen LogP contribution in [0.15, 0.2) is 17.3 Å². The fourth-order valence-electron chi connectivity index (χ4n) is 1.72. The third-order valence-corrected chi connectivity index (χ3v) is 4.18. The molecule has 0 aliphatic carbocycles. The summed E-state index contributed by atoms with van der Waals surface area (Å²) < 4.78 is 33.2. The summed E-state index contributed by atoms with van der Waals surface area (Å²) in [5.41, 5.74) is 0. The van der Waals surface area contributed by atoms with E-state index in [0.717, 1.165) is 19.5 Å². The molecular weight excluding hydrogens is 280 g/mol. The Balaban J connectivity index is 2.56. The lowest BCUT2D eigenvalue weighted by molar-refractivity contribution is 0.180. The Labute approximate surface area is 120 Å². The van der Waals surface area contributed by atoms with Crippen LogP contribution in [0.1, 0.15) is 20.3 Å². The van der Waals surface area contributed by atoms with Crippen molar-refractivity contribution in [3.05, 3.63) is 12.4 Å². The topological polar surface area (TPSA) is 85.2 Å². The predicted octanol–water partition coefficient (Wildman–Crippen LogP) is 0.196. The Bertz CT molecular complexity index is 487. The lowest BCUT2D eigenvalue weighted by atomic mass is 10.4. The maximum Gasteiger partial charge on any atom is 0.244 e. The van der Waals surface area contributed by atoms with E-state index in [0.29, 0.717) is 13.2 Å². The number of sulfonamides is 1. The van der Waals surface area contributed by atoms with Gasteiger partial charge in [-0.15, -0.1) is 0 Å². The summed E-state index contributed by atoms with van der Waals surface area (Å²) in [6.45, 7) is 6.53. The monoisotopic (exact) mass is 304 g/mol. The number of methoxy groups -OCH3 is 1. The van der Waals surface area contributed by atoms with Crippen molar-refractivity contribution in [2.75, 3.05) is 26.8 Å². The minimum Gasteiger partial charge on any atom is -0.383 e. The van der Waals surface area contributed by atoms with Gasteiger partial charge in [0, 0.05) is 25.9 Å². The van der Waals surface area contributed by atoms with Crippen molar-refractivity contribution in [2.24, 2.45) is 0 Å². The molecule has 1 aromatic heterocycles. The van der Waals surface area contributed by atoms with E-state index in [1.165, 1.54) is 19.5 Å². The van der Waals surface area contributed by atoms with Gasteiger partial charge in [0.1, 0.15) is 4.90 Å². The Morgan fingerprint density at radius 3 is 2.85 bits per heavy atom. The fourth-order valence-corrected chi connectivity index (χ4v) is 2.90. The van der Waals surface area contributed by atoms with Crippen molar-refractivity contribution >= 4 is 10.0 Å². The standard InChI is InChI=1S/C12H24N4O3S/c1-4-5-13-6-7-16-9-12(8-14-16)20(17,18)15-11(2)10-19-3/h8-9,11,13,15H,4-7,10H2,1-3H3. The van der Waals surface area contributed by atoms with E-state index in [-0.39, 0.29) is 10.9 Å². The highest BCUT2D eigenvalue weighted by atomic mass is 32.2. The molecule has 1 atom stereocenters. The Hall–Kier alpha value is -0.960. The molecule has 0 bridgehead atoms. The van der Waals surface area contributed by atoms with Crippen molar-refractivity contribution in [1.29, 1.82) is 0 Å². The number of nitrogens with one attached hydrogen (secondary N) is 2. The molecule has 1 unspecified atom stereocenters. The molecule has 0 radical (unpaired) electrons. The summed E-state index contributed by atoms with van der Waals surface area (Å²) in [7, 11) is -2.00. The summed E-state index contributed by atoms with van der Waals surface area (Å²) >= 11 is 0. The SMILES string of the molecule is CCCNCCn1cc(S(=O)(=O)NC(C)COC)cn1. The van der Waals surface area contributed by atoms with Crippen molar-refractivity contribution in [3.63, 3.8) is 0 Å². The van der Waals surface area contributed by atoms with Crippen molar-refractivity contribution in [3.8, 4) is 0 Å². The van der Waals surface area contributed by atoms with E-state index >= 15 is 0 Å². The van der Waals surface area contributed by atoms with E-state index in [2.05, 4.69) is 22.1 Å². The fraction of sp³-hybridized carbons (Fsp3) is 0.750. The first-order chi connectivity index (χ1) is 9.49. The first kappa shape index (κ1) is 17.1. The summed E-state index contributed by atoms with van der Waals surface area (Å²) in [6, 6.07) is -0.278. The summed E-state index contributed by atoms with van der Waals surface area (Å²) in [4.78, 5) is 0.177. The normalized spacial score (nSPS) is 13.6. The van der Waals surface area contributed by atoms with Crippen LogP contribution in [-0.2, 0) is 21.3 Å². The van der Waals surface area contributed by atoms with E-state index in [4.69, 9.17) is 4.74 Å². The molecule has 20 heavy (non-hydrogen) atoms. The van der Waals surface area contributed by atoms with Gasteiger partial charge in [-0.05, 0) is 19.9 Å². The molecule has 0 saturated carbocycles. The van der Waals surface area contributed by atoms with Crippen LogP contribution in [0.2, 0.25) is 0 Å². The zero-order valence-electron chi connectivity index (χ0n) is 12.3. The number of rotatable bonds is 10. The number of hydrogen-bond acceptors (Lipinski definition) is 5. The molecule has 0 saturated heterocycles. The zero-order chi connectivity index (χ0) is 15.0. The molecule has 0 fully saturated rings. The van der Waals surface area contributed by atoms with Gasteiger partial charge in [-0.3, -0.25) is 4.68 Å². The van der Waals surface area contributed by atoms with Crippen LogP contribution in [0.3, 0.4) is 0 Å². The van der Waals surface area contributed by atoms with Crippen LogP contribution >= 0.6 is 0 Å². The third kappa shape index (κ3) is 5.58. The predicted molar refractivity (Wildman–Crippen MR) is 77.0 cm³/mol. The van der Waals surface area contributed by atoms with Crippen LogP contribution in [0.5, 0.6) is 0 Å². The smallest absolute Gasteiger partial charge is 0.244 e. The Morgan fingerprint density at radius 1 is 1.45 bits per heavy atom. The molecule has 0 spiro atoms. The van der Waals surface area contributed by atoms with E-state index < -0.39 is 10.0 Å². The molecule has 116 valence electrons. The molecule has 0 aliphatic rings. The van der Waals surface area contributed by atoms with Crippen molar-refractivity contribution in [2.45, 2.75) is 37.8 Å². The highest BCUT2D eigenvalue weighted by Gasteiger charge is 2.19. The van der Waals surface area contributed by atoms with Gasteiger partial charge >= 0.3 is 0 Å². The van der Waals surface area contributed by atoms with Gasteiger partial charge in [0.05, 0.1) is 19.3 Å². The van der Waals surface area contributed by atoms with E-state index in [1.54, 1.807) is 11.6 Å². The molecule has 0 amide bonds. The first-order valence-electron chi connectivity index (χ1n) is 6.74. The summed E-state index contributed by atoms with van der Waals surface area (Å²) in [5, 5.41) is 7.30. The number of aromatic nitrogens is 2. The average molecular weight is 304 g/mol. The Kier molecular flexibility index (Phi) is 7.14. The van der Waals surface area contributed by atoms with Gasteiger partial charge in [-0.1, -0.05) is 6.92 Å². The largest absolute Gasteiger partial charge is 0.383 e. The minimum atomic E-state index is -3.53. The van der Waals surface area contributed by atoms with Crippen LogP contribution in [-0.4, -0.2) is 51.0 Å². The maximum atomic E-state index is 12.1. The molecule has 8 heteroatoms. The van der Waals surface area contributed by atoms with Crippen LogP contribution in [0, 0.1) is 0 Å². The second kappa shape index (κ2) is 8.35. The molecular formula is C12H24N4O3S. The highest BCUT2D eigenvalue weighted by Crippen LogP contribution is 2.07. The quantitative estimate of drug-likeness (QED) is 0.603. The lowest BCUT2D eigenvalue weighted by Gasteiger charge is -2.11. The average Bonchev–Trinajstić information content (AvgIpc) is 2.84. The molecule has 1 aromatic rings.